The van der Waals surface area contributed by atoms with Crippen molar-refractivity contribution in [2.24, 2.45) is 0 Å². The zero-order valence-electron chi connectivity index (χ0n) is 15.2. The van der Waals surface area contributed by atoms with E-state index in [1.807, 2.05) is 36.6 Å². The Balaban J connectivity index is 1.69. The highest BCUT2D eigenvalue weighted by molar-refractivity contribution is 8.00. The third-order valence-electron chi connectivity index (χ3n) is 4.11. The smallest absolute Gasteiger partial charge is 0.321 e. The van der Waals surface area contributed by atoms with Crippen molar-refractivity contribution in [3.05, 3.63) is 29.8 Å². The Morgan fingerprint density at radius 1 is 1.35 bits per heavy atom. The number of hydrogen-bond acceptors (Lipinski definition) is 5. The Hall–Kier alpha value is -2.35. The molecule has 26 heavy (non-hydrogen) atoms. The number of urea groups is 1. The van der Waals surface area contributed by atoms with Gasteiger partial charge in [0.15, 0.2) is 11.0 Å². The number of thioether (sulfide) groups is 1. The third kappa shape index (κ3) is 4.43. The molecule has 1 aromatic heterocycles. The summed E-state index contributed by atoms with van der Waals surface area (Å²) in [5.41, 5.74) is 2.14. The number of aromatic nitrogens is 3. The van der Waals surface area contributed by atoms with E-state index < -0.39 is 11.3 Å². The van der Waals surface area contributed by atoms with Crippen LogP contribution in [0.1, 0.15) is 32.3 Å². The maximum atomic E-state index is 12.2. The van der Waals surface area contributed by atoms with Gasteiger partial charge in [-0.05, 0) is 39.7 Å². The molecule has 138 valence electrons. The molecule has 2 N–H and O–H groups in total. The molecule has 2 aromatic rings. The van der Waals surface area contributed by atoms with Crippen LogP contribution in [0.3, 0.4) is 0 Å². The van der Waals surface area contributed by atoms with Gasteiger partial charge in [0.25, 0.3) is 0 Å². The van der Waals surface area contributed by atoms with E-state index in [-0.39, 0.29) is 11.9 Å². The molecule has 1 heterocycles. The number of hydrogen-bond donors (Lipinski definition) is 2. The van der Waals surface area contributed by atoms with Gasteiger partial charge in [-0.25, -0.2) is 4.79 Å². The van der Waals surface area contributed by atoms with Crippen molar-refractivity contribution in [1.29, 1.82) is 0 Å². The Labute approximate surface area is 157 Å². The van der Waals surface area contributed by atoms with Crippen LogP contribution in [0.15, 0.2) is 29.4 Å². The van der Waals surface area contributed by atoms with E-state index in [1.54, 1.807) is 6.92 Å². The van der Waals surface area contributed by atoms with Gasteiger partial charge in [0.05, 0.1) is 5.25 Å². The van der Waals surface area contributed by atoms with Gasteiger partial charge in [-0.2, -0.15) is 0 Å². The first-order valence-corrected chi connectivity index (χ1v) is 9.64. The average molecular weight is 373 g/mol. The molecule has 1 aliphatic rings. The second-order valence-corrected chi connectivity index (χ2v) is 7.72. The van der Waals surface area contributed by atoms with E-state index in [0.717, 1.165) is 29.8 Å². The van der Waals surface area contributed by atoms with E-state index in [9.17, 15) is 9.59 Å². The molecular formula is C18H23N5O2S. The fourth-order valence-corrected chi connectivity index (χ4v) is 3.45. The monoisotopic (exact) mass is 373 g/mol. The molecule has 0 saturated heterocycles. The number of imide groups is 1. The highest BCUT2D eigenvalue weighted by atomic mass is 32.2. The van der Waals surface area contributed by atoms with Gasteiger partial charge in [-0.3, -0.25) is 10.1 Å². The molecule has 1 unspecified atom stereocenters. The van der Waals surface area contributed by atoms with Gasteiger partial charge in [0.1, 0.15) is 0 Å². The molecule has 0 aliphatic heterocycles. The summed E-state index contributed by atoms with van der Waals surface area (Å²) in [7, 11) is 0. The number of benzene rings is 1. The molecule has 1 aromatic carbocycles. The lowest BCUT2D eigenvalue weighted by Crippen LogP contribution is -2.43. The lowest BCUT2D eigenvalue weighted by molar-refractivity contribution is -0.119. The maximum absolute atomic E-state index is 12.2. The highest BCUT2D eigenvalue weighted by Gasteiger charge is 2.26. The Morgan fingerprint density at radius 3 is 2.77 bits per heavy atom. The van der Waals surface area contributed by atoms with Crippen LogP contribution in [0.5, 0.6) is 0 Å². The zero-order valence-corrected chi connectivity index (χ0v) is 16.0. The topological polar surface area (TPSA) is 88.9 Å². The van der Waals surface area contributed by atoms with Gasteiger partial charge >= 0.3 is 6.03 Å². The van der Waals surface area contributed by atoms with E-state index in [0.29, 0.717) is 11.7 Å². The lowest BCUT2D eigenvalue weighted by atomic mass is 10.1. The molecule has 0 bridgehead atoms. The average Bonchev–Trinajstić information content (AvgIpc) is 3.32. The first kappa shape index (κ1) is 18.4. The highest BCUT2D eigenvalue weighted by Crippen LogP contribution is 2.27. The summed E-state index contributed by atoms with van der Waals surface area (Å²) in [6.45, 7) is 6.49. The molecular weight excluding hydrogens is 350 g/mol. The fourth-order valence-electron chi connectivity index (χ4n) is 2.53. The van der Waals surface area contributed by atoms with Gasteiger partial charge in [-0.1, -0.05) is 35.5 Å². The van der Waals surface area contributed by atoms with Crippen LogP contribution < -0.4 is 10.6 Å². The summed E-state index contributed by atoms with van der Waals surface area (Å²) in [6, 6.07) is 7.86. The second-order valence-electron chi connectivity index (χ2n) is 6.42. The Bertz CT molecular complexity index is 816. The van der Waals surface area contributed by atoms with E-state index >= 15 is 0 Å². The maximum Gasteiger partial charge on any atom is 0.321 e. The molecule has 3 amide bonds. The number of rotatable bonds is 6. The minimum absolute atomic E-state index is 0.214. The van der Waals surface area contributed by atoms with E-state index in [4.69, 9.17) is 0 Å². The molecule has 1 fully saturated rings. The lowest BCUT2D eigenvalue weighted by Gasteiger charge is -2.12. The largest absolute Gasteiger partial charge is 0.335 e. The summed E-state index contributed by atoms with van der Waals surface area (Å²) in [6.07, 6.45) is 1.96. The predicted molar refractivity (Wildman–Crippen MR) is 101 cm³/mol. The van der Waals surface area contributed by atoms with Crippen molar-refractivity contribution in [2.75, 3.05) is 0 Å². The molecule has 0 radical (unpaired) electrons. The number of nitrogens with zero attached hydrogens (tertiary/aromatic N) is 3. The van der Waals surface area contributed by atoms with Crippen molar-refractivity contribution in [3.8, 4) is 11.4 Å². The van der Waals surface area contributed by atoms with Crippen molar-refractivity contribution in [2.45, 2.75) is 56.6 Å². The van der Waals surface area contributed by atoms with Gasteiger partial charge < -0.3 is 9.88 Å². The van der Waals surface area contributed by atoms with Crippen LogP contribution in [-0.2, 0) is 11.3 Å². The van der Waals surface area contributed by atoms with Crippen molar-refractivity contribution in [1.82, 2.24) is 25.4 Å². The molecule has 7 nitrogen and oxygen atoms in total. The van der Waals surface area contributed by atoms with Crippen LogP contribution in [0, 0.1) is 6.92 Å². The minimum Gasteiger partial charge on any atom is -0.335 e. The van der Waals surface area contributed by atoms with Crippen LogP contribution >= 0.6 is 11.8 Å². The predicted octanol–water partition coefficient (Wildman–Crippen LogP) is 2.74. The van der Waals surface area contributed by atoms with Crippen molar-refractivity contribution in [3.63, 3.8) is 0 Å². The summed E-state index contributed by atoms with van der Waals surface area (Å²) < 4.78 is 1.98. The third-order valence-corrected chi connectivity index (χ3v) is 5.19. The van der Waals surface area contributed by atoms with E-state index in [2.05, 4.69) is 26.9 Å². The van der Waals surface area contributed by atoms with Crippen LogP contribution in [0.2, 0.25) is 0 Å². The zero-order chi connectivity index (χ0) is 18.7. The molecule has 1 atom stereocenters. The summed E-state index contributed by atoms with van der Waals surface area (Å²) >= 11 is 1.30. The van der Waals surface area contributed by atoms with Crippen LogP contribution in [-0.4, -0.2) is 38.0 Å². The van der Waals surface area contributed by atoms with Crippen molar-refractivity contribution < 1.29 is 9.59 Å². The first-order valence-electron chi connectivity index (χ1n) is 8.76. The number of nitrogens with one attached hydrogen (secondary N) is 2. The quantitative estimate of drug-likeness (QED) is 0.760. The molecule has 0 spiro atoms. The number of carbonyl (C=O) groups is 2. The Morgan fingerprint density at radius 2 is 2.12 bits per heavy atom. The molecule has 1 saturated carbocycles. The first-order chi connectivity index (χ1) is 12.5. The molecule has 1 aliphatic carbocycles. The summed E-state index contributed by atoms with van der Waals surface area (Å²) in [5.74, 6) is 0.439. The summed E-state index contributed by atoms with van der Waals surface area (Å²) in [5, 5.41) is 13.9. The van der Waals surface area contributed by atoms with Crippen LogP contribution in [0.25, 0.3) is 11.4 Å². The molecule has 8 heteroatoms. The SMILES string of the molecule is CCn1c(SC(C)C(=O)NC(=O)NC2CC2)nnc1-c1cccc(C)c1. The van der Waals surface area contributed by atoms with Crippen molar-refractivity contribution >= 4 is 23.7 Å². The normalized spacial score (nSPS) is 14.7. The van der Waals surface area contributed by atoms with Gasteiger partial charge in [0.2, 0.25) is 5.91 Å². The second kappa shape index (κ2) is 7.90. The van der Waals surface area contributed by atoms with Crippen LogP contribution in [0.4, 0.5) is 4.79 Å². The fraction of sp³-hybridized carbons (Fsp3) is 0.444. The van der Waals surface area contributed by atoms with Gasteiger partial charge in [-0.15, -0.1) is 10.2 Å². The standard InChI is InChI=1S/C18H23N5O2S/c1-4-23-15(13-7-5-6-11(2)10-13)21-22-18(23)26-12(3)16(24)20-17(25)19-14-8-9-14/h5-7,10,12,14H,4,8-9H2,1-3H3,(H2,19,20,24,25). The number of carbonyl (C=O) groups excluding carboxylic acids is 2. The molecule has 3 rings (SSSR count). The number of amides is 3. The van der Waals surface area contributed by atoms with Gasteiger partial charge in [0, 0.05) is 18.2 Å². The minimum atomic E-state index is -0.459. The Kier molecular flexibility index (Phi) is 5.61. The summed E-state index contributed by atoms with van der Waals surface area (Å²) in [4.78, 5) is 23.9. The number of aryl methyl sites for hydroxylation is 1. The van der Waals surface area contributed by atoms with E-state index in [1.165, 1.54) is 11.8 Å².